The maximum absolute atomic E-state index is 12.5. The number of hydrogen-bond acceptors (Lipinski definition) is 4. The molecule has 6 heteroatoms. The molecule has 0 aliphatic rings. The molecule has 0 spiro atoms. The van der Waals surface area contributed by atoms with E-state index >= 15 is 0 Å². The Kier molecular flexibility index (Phi) is 6.60. The van der Waals surface area contributed by atoms with Gasteiger partial charge >= 0.3 is 0 Å². The van der Waals surface area contributed by atoms with Gasteiger partial charge in [-0.25, -0.2) is 0 Å². The van der Waals surface area contributed by atoms with Crippen LogP contribution in [0.5, 0.6) is 0 Å². The molecule has 26 heavy (non-hydrogen) atoms. The lowest BCUT2D eigenvalue weighted by Crippen LogP contribution is -2.41. The smallest absolute Gasteiger partial charge is 0.242 e. The number of pyridine rings is 1. The number of Topliss-reactive ketones (excluding diaryl/α,β-unsaturated/α-hetero) is 1. The van der Waals surface area contributed by atoms with Crippen LogP contribution in [-0.2, 0) is 16.0 Å². The van der Waals surface area contributed by atoms with Gasteiger partial charge in [-0.3, -0.25) is 19.4 Å². The molecule has 1 heterocycles. The molecule has 0 N–H and O–H groups in total. The van der Waals surface area contributed by atoms with Crippen molar-refractivity contribution in [1.82, 2.24) is 9.88 Å². The number of carbonyl (C=O) groups excluding carboxylic acids is 3. The summed E-state index contributed by atoms with van der Waals surface area (Å²) >= 11 is 0. The number of amides is 2. The summed E-state index contributed by atoms with van der Waals surface area (Å²) < 4.78 is 0. The molecule has 0 atom stereocenters. The van der Waals surface area contributed by atoms with E-state index in [1.807, 2.05) is 12.1 Å². The van der Waals surface area contributed by atoms with Crippen LogP contribution in [0.1, 0.15) is 29.8 Å². The van der Waals surface area contributed by atoms with E-state index in [1.54, 1.807) is 48.6 Å². The van der Waals surface area contributed by atoms with Crippen molar-refractivity contribution >= 4 is 23.3 Å². The number of likely N-dealkylation sites (N-methyl/N-ethyl adjacent to an activating group) is 1. The summed E-state index contributed by atoms with van der Waals surface area (Å²) in [6.45, 7) is 3.42. The van der Waals surface area contributed by atoms with E-state index in [1.165, 1.54) is 18.7 Å². The first kappa shape index (κ1) is 19.3. The predicted molar refractivity (Wildman–Crippen MR) is 100 cm³/mol. The molecule has 0 bridgehead atoms. The van der Waals surface area contributed by atoms with Gasteiger partial charge in [0.1, 0.15) is 6.54 Å². The lowest BCUT2D eigenvalue weighted by Gasteiger charge is -2.24. The quantitative estimate of drug-likeness (QED) is 0.717. The molecule has 2 rings (SSSR count). The summed E-state index contributed by atoms with van der Waals surface area (Å²) in [5, 5.41) is 0. The first-order valence-electron chi connectivity index (χ1n) is 8.40. The van der Waals surface area contributed by atoms with Crippen LogP contribution in [0.4, 0.5) is 5.69 Å². The van der Waals surface area contributed by atoms with Gasteiger partial charge in [-0.1, -0.05) is 0 Å². The molecular formula is C20H23N3O3. The number of rotatable bonds is 7. The van der Waals surface area contributed by atoms with Crippen LogP contribution in [0.2, 0.25) is 0 Å². The summed E-state index contributed by atoms with van der Waals surface area (Å²) in [7, 11) is 1.72. The summed E-state index contributed by atoms with van der Waals surface area (Å²) in [6.07, 6.45) is 4.16. The van der Waals surface area contributed by atoms with Crippen LogP contribution in [0.3, 0.4) is 0 Å². The molecule has 0 aliphatic carbocycles. The third kappa shape index (κ3) is 5.24. The largest absolute Gasteiger partial charge is 0.344 e. The first-order chi connectivity index (χ1) is 12.4. The van der Waals surface area contributed by atoms with E-state index < -0.39 is 0 Å². The van der Waals surface area contributed by atoms with Crippen LogP contribution in [0.15, 0.2) is 48.8 Å². The topological polar surface area (TPSA) is 70.6 Å². The second-order valence-electron chi connectivity index (χ2n) is 6.13. The fourth-order valence-corrected chi connectivity index (χ4v) is 2.49. The van der Waals surface area contributed by atoms with Crippen molar-refractivity contribution in [2.24, 2.45) is 0 Å². The third-order valence-corrected chi connectivity index (χ3v) is 4.17. The average Bonchev–Trinajstić information content (AvgIpc) is 2.64. The first-order valence-corrected chi connectivity index (χ1v) is 8.40. The van der Waals surface area contributed by atoms with E-state index in [-0.39, 0.29) is 24.1 Å². The van der Waals surface area contributed by atoms with Gasteiger partial charge in [-0.2, -0.15) is 0 Å². The Morgan fingerprint density at radius 1 is 0.962 bits per heavy atom. The van der Waals surface area contributed by atoms with Gasteiger partial charge in [0, 0.05) is 44.2 Å². The highest BCUT2D eigenvalue weighted by atomic mass is 16.2. The molecule has 1 aromatic heterocycles. The maximum atomic E-state index is 12.5. The van der Waals surface area contributed by atoms with E-state index in [2.05, 4.69) is 4.98 Å². The Morgan fingerprint density at radius 2 is 1.58 bits per heavy atom. The van der Waals surface area contributed by atoms with Gasteiger partial charge in [0.2, 0.25) is 11.8 Å². The molecule has 0 saturated carbocycles. The average molecular weight is 353 g/mol. The second kappa shape index (κ2) is 8.89. The summed E-state index contributed by atoms with van der Waals surface area (Å²) in [5.74, 6) is -0.417. The summed E-state index contributed by atoms with van der Waals surface area (Å²) in [5.41, 5.74) is 2.26. The van der Waals surface area contributed by atoms with Gasteiger partial charge in [0.15, 0.2) is 5.78 Å². The minimum absolute atomic E-state index is 0.0401. The molecule has 0 fully saturated rings. The Labute approximate surface area is 153 Å². The van der Waals surface area contributed by atoms with Gasteiger partial charge in [0.05, 0.1) is 0 Å². The molecule has 2 aromatic rings. The second-order valence-corrected chi connectivity index (χ2v) is 6.13. The van der Waals surface area contributed by atoms with Crippen molar-refractivity contribution in [1.29, 1.82) is 0 Å². The molecule has 2 amide bonds. The van der Waals surface area contributed by atoms with Crippen molar-refractivity contribution in [2.75, 3.05) is 25.0 Å². The number of carbonyl (C=O) groups is 3. The minimum Gasteiger partial charge on any atom is -0.344 e. The molecule has 1 aromatic carbocycles. The lowest BCUT2D eigenvalue weighted by molar-refractivity contribution is -0.130. The number of nitrogens with zero attached hydrogens (tertiary/aromatic N) is 3. The van der Waals surface area contributed by atoms with Crippen LogP contribution in [0.25, 0.3) is 0 Å². The highest BCUT2D eigenvalue weighted by Crippen LogP contribution is 2.16. The van der Waals surface area contributed by atoms with E-state index in [4.69, 9.17) is 0 Å². The molecule has 0 radical (unpaired) electrons. The minimum atomic E-state index is -0.226. The third-order valence-electron chi connectivity index (χ3n) is 4.17. The monoisotopic (exact) mass is 353 g/mol. The number of aromatic nitrogens is 1. The van der Waals surface area contributed by atoms with Gasteiger partial charge < -0.3 is 9.80 Å². The molecule has 0 aliphatic heterocycles. The van der Waals surface area contributed by atoms with E-state index in [0.717, 1.165) is 12.0 Å². The fraction of sp³-hybridized carbons (Fsp3) is 0.300. The number of ketones is 1. The predicted octanol–water partition coefficient (Wildman–Crippen LogP) is 2.34. The molecule has 6 nitrogen and oxygen atoms in total. The van der Waals surface area contributed by atoms with Crippen molar-refractivity contribution < 1.29 is 14.4 Å². The highest BCUT2D eigenvalue weighted by Gasteiger charge is 2.18. The summed E-state index contributed by atoms with van der Waals surface area (Å²) in [4.78, 5) is 42.8. The van der Waals surface area contributed by atoms with Crippen molar-refractivity contribution in [3.8, 4) is 0 Å². The van der Waals surface area contributed by atoms with Gasteiger partial charge in [-0.15, -0.1) is 0 Å². The number of benzene rings is 1. The zero-order valence-electron chi connectivity index (χ0n) is 15.3. The fourth-order valence-electron chi connectivity index (χ4n) is 2.49. The van der Waals surface area contributed by atoms with Gasteiger partial charge in [-0.05, 0) is 55.3 Å². The van der Waals surface area contributed by atoms with Crippen LogP contribution < -0.4 is 4.90 Å². The van der Waals surface area contributed by atoms with E-state index in [0.29, 0.717) is 17.8 Å². The van der Waals surface area contributed by atoms with Crippen molar-refractivity contribution in [3.63, 3.8) is 0 Å². The zero-order valence-corrected chi connectivity index (χ0v) is 15.3. The standard InChI is InChI=1S/C20H23N3O3/c1-15(24)18-4-6-19(7-5-18)23(16(2)25)14-20(26)22(3)13-10-17-8-11-21-12-9-17/h4-9,11-12H,10,13-14H2,1-3H3. The Hall–Kier alpha value is -3.02. The lowest BCUT2D eigenvalue weighted by atomic mass is 10.1. The molecule has 136 valence electrons. The van der Waals surface area contributed by atoms with E-state index in [9.17, 15) is 14.4 Å². The normalized spacial score (nSPS) is 10.3. The number of anilines is 1. The molecule has 0 saturated heterocycles. The SMILES string of the molecule is CC(=O)c1ccc(N(CC(=O)N(C)CCc2ccncc2)C(C)=O)cc1. The summed E-state index contributed by atoms with van der Waals surface area (Å²) in [6, 6.07) is 10.5. The van der Waals surface area contributed by atoms with Crippen LogP contribution in [-0.4, -0.2) is 47.6 Å². The van der Waals surface area contributed by atoms with Gasteiger partial charge in [0.25, 0.3) is 0 Å². The van der Waals surface area contributed by atoms with Crippen molar-refractivity contribution in [3.05, 3.63) is 59.9 Å². The van der Waals surface area contributed by atoms with Crippen molar-refractivity contribution in [2.45, 2.75) is 20.3 Å². The highest BCUT2D eigenvalue weighted by molar-refractivity contribution is 5.98. The zero-order chi connectivity index (χ0) is 19.1. The van der Waals surface area contributed by atoms with Crippen LogP contribution >= 0.6 is 0 Å². The Morgan fingerprint density at radius 3 is 2.12 bits per heavy atom. The Balaban J connectivity index is 2.00. The molecular weight excluding hydrogens is 330 g/mol. The molecule has 0 unspecified atom stereocenters. The van der Waals surface area contributed by atoms with Crippen LogP contribution in [0, 0.1) is 0 Å². The number of hydrogen-bond donors (Lipinski definition) is 0. The maximum Gasteiger partial charge on any atom is 0.242 e. The Bertz CT molecular complexity index is 773.